The number of imide groups is 1. The number of hydrogen-bond donors (Lipinski definition) is 1. The van der Waals surface area contributed by atoms with E-state index in [4.69, 9.17) is 0 Å². The molecule has 15 heavy (non-hydrogen) atoms. The second-order valence-corrected chi connectivity index (χ2v) is 4.09. The Morgan fingerprint density at radius 1 is 1.40 bits per heavy atom. The van der Waals surface area contributed by atoms with Gasteiger partial charge in [-0.3, -0.25) is 9.69 Å². The molecular formula is C11H22N2O2. The molecule has 0 aromatic heterocycles. The van der Waals surface area contributed by atoms with Gasteiger partial charge in [0, 0.05) is 13.1 Å². The highest BCUT2D eigenvalue weighted by Crippen LogP contribution is 1.97. The van der Waals surface area contributed by atoms with Gasteiger partial charge < -0.3 is 5.32 Å². The zero-order chi connectivity index (χ0) is 11.7. The molecule has 4 heteroatoms. The Hall–Kier alpha value is -1.06. The van der Waals surface area contributed by atoms with Crippen LogP contribution in [0.1, 0.15) is 40.0 Å². The van der Waals surface area contributed by atoms with Crippen molar-refractivity contribution in [2.45, 2.75) is 40.0 Å². The third-order valence-corrected chi connectivity index (χ3v) is 2.01. The van der Waals surface area contributed by atoms with Crippen molar-refractivity contribution in [2.24, 2.45) is 5.92 Å². The Kier molecular flexibility index (Phi) is 7.68. The molecule has 0 aliphatic carbocycles. The minimum absolute atomic E-state index is 0.283. The first-order valence-corrected chi connectivity index (χ1v) is 5.61. The van der Waals surface area contributed by atoms with Crippen LogP contribution < -0.4 is 5.32 Å². The highest BCUT2D eigenvalue weighted by Gasteiger charge is 2.12. The second kappa shape index (κ2) is 8.26. The number of unbranched alkanes of at least 4 members (excludes halogenated alkanes) is 2. The van der Waals surface area contributed by atoms with Crippen LogP contribution in [0.4, 0.5) is 4.79 Å². The monoisotopic (exact) mass is 214 g/mol. The molecule has 0 fully saturated rings. The van der Waals surface area contributed by atoms with E-state index in [2.05, 4.69) is 12.2 Å². The van der Waals surface area contributed by atoms with Crippen LogP contribution in [-0.2, 0) is 4.79 Å². The molecule has 0 saturated heterocycles. The maximum Gasteiger partial charge on any atom is 0.323 e. The summed E-state index contributed by atoms with van der Waals surface area (Å²) in [6, 6.07) is -0.283. The fraction of sp³-hybridized carbons (Fsp3) is 0.818. The quantitative estimate of drug-likeness (QED) is 0.520. The summed E-state index contributed by atoms with van der Waals surface area (Å²) in [4.78, 5) is 23.3. The van der Waals surface area contributed by atoms with Crippen LogP contribution in [0.2, 0.25) is 0 Å². The molecular weight excluding hydrogens is 192 g/mol. The van der Waals surface area contributed by atoms with E-state index in [1.54, 1.807) is 0 Å². The summed E-state index contributed by atoms with van der Waals surface area (Å²) in [5, 5.41) is 2.73. The number of carbonyl (C=O) groups excluding carboxylic acids is 2. The molecule has 0 aromatic rings. The Morgan fingerprint density at radius 3 is 2.53 bits per heavy atom. The fourth-order valence-corrected chi connectivity index (χ4v) is 1.24. The average molecular weight is 214 g/mol. The summed E-state index contributed by atoms with van der Waals surface area (Å²) in [6.07, 6.45) is 3.79. The standard InChI is InChI=1S/C11H22N2O2/c1-4-5-6-7-12-11(15)13(9-14)8-10(2)3/h9-10H,4-8H2,1-3H3,(H,12,15). The van der Waals surface area contributed by atoms with Gasteiger partial charge in [0.25, 0.3) is 0 Å². The van der Waals surface area contributed by atoms with Crippen molar-refractivity contribution < 1.29 is 9.59 Å². The van der Waals surface area contributed by atoms with Gasteiger partial charge >= 0.3 is 6.03 Å². The molecule has 0 aromatic carbocycles. The third-order valence-electron chi connectivity index (χ3n) is 2.01. The lowest BCUT2D eigenvalue weighted by molar-refractivity contribution is -0.116. The van der Waals surface area contributed by atoms with E-state index in [0.717, 1.165) is 19.3 Å². The average Bonchev–Trinajstić information content (AvgIpc) is 2.20. The summed E-state index contributed by atoms with van der Waals surface area (Å²) in [7, 11) is 0. The Bertz CT molecular complexity index is 193. The van der Waals surface area contributed by atoms with Crippen LogP contribution in [-0.4, -0.2) is 30.4 Å². The maximum absolute atomic E-state index is 11.5. The second-order valence-electron chi connectivity index (χ2n) is 4.09. The van der Waals surface area contributed by atoms with Gasteiger partial charge in [0.05, 0.1) is 0 Å². The van der Waals surface area contributed by atoms with Crippen LogP contribution in [0.5, 0.6) is 0 Å². The van der Waals surface area contributed by atoms with Crippen molar-refractivity contribution in [3.8, 4) is 0 Å². The van der Waals surface area contributed by atoms with Gasteiger partial charge in [-0.1, -0.05) is 33.6 Å². The number of amides is 3. The van der Waals surface area contributed by atoms with Crippen LogP contribution in [0, 0.1) is 5.92 Å². The number of carbonyl (C=O) groups is 2. The summed E-state index contributed by atoms with van der Waals surface area (Å²) >= 11 is 0. The summed E-state index contributed by atoms with van der Waals surface area (Å²) in [5.41, 5.74) is 0. The summed E-state index contributed by atoms with van der Waals surface area (Å²) < 4.78 is 0. The third kappa shape index (κ3) is 6.94. The molecule has 3 amide bonds. The van der Waals surface area contributed by atoms with E-state index in [1.165, 1.54) is 4.90 Å². The predicted molar refractivity (Wildman–Crippen MR) is 60.5 cm³/mol. The lowest BCUT2D eigenvalue weighted by Crippen LogP contribution is -2.41. The molecule has 0 saturated carbocycles. The Morgan fingerprint density at radius 2 is 2.07 bits per heavy atom. The van der Waals surface area contributed by atoms with Crippen molar-refractivity contribution in [3.05, 3.63) is 0 Å². The molecule has 0 bridgehead atoms. The number of hydrogen-bond acceptors (Lipinski definition) is 2. The molecule has 0 aliphatic heterocycles. The van der Waals surface area contributed by atoms with Crippen molar-refractivity contribution in [1.29, 1.82) is 0 Å². The van der Waals surface area contributed by atoms with E-state index >= 15 is 0 Å². The number of nitrogens with one attached hydrogen (secondary N) is 1. The van der Waals surface area contributed by atoms with Gasteiger partial charge in [-0.25, -0.2) is 4.79 Å². The Labute approximate surface area is 92.0 Å². The summed E-state index contributed by atoms with van der Waals surface area (Å²) in [5.74, 6) is 0.302. The van der Waals surface area contributed by atoms with E-state index in [-0.39, 0.29) is 6.03 Å². The van der Waals surface area contributed by atoms with Gasteiger partial charge in [0.15, 0.2) is 0 Å². The topological polar surface area (TPSA) is 49.4 Å². The first-order valence-electron chi connectivity index (χ1n) is 5.61. The molecule has 0 radical (unpaired) electrons. The molecule has 0 aliphatic rings. The predicted octanol–water partition coefficient (Wildman–Crippen LogP) is 2.00. The van der Waals surface area contributed by atoms with Crippen molar-refractivity contribution in [2.75, 3.05) is 13.1 Å². The molecule has 0 spiro atoms. The summed E-state index contributed by atoms with van der Waals surface area (Å²) in [6.45, 7) is 7.18. The van der Waals surface area contributed by atoms with Crippen LogP contribution in [0.25, 0.3) is 0 Å². The van der Waals surface area contributed by atoms with E-state index in [1.807, 2.05) is 13.8 Å². The lowest BCUT2D eigenvalue weighted by Gasteiger charge is -2.18. The van der Waals surface area contributed by atoms with Crippen LogP contribution in [0.15, 0.2) is 0 Å². The minimum atomic E-state index is -0.283. The zero-order valence-corrected chi connectivity index (χ0v) is 9.95. The van der Waals surface area contributed by atoms with Gasteiger partial charge in [0.2, 0.25) is 6.41 Å². The van der Waals surface area contributed by atoms with E-state index in [0.29, 0.717) is 25.4 Å². The molecule has 0 heterocycles. The number of urea groups is 1. The molecule has 0 atom stereocenters. The van der Waals surface area contributed by atoms with Crippen LogP contribution >= 0.6 is 0 Å². The van der Waals surface area contributed by atoms with E-state index < -0.39 is 0 Å². The first-order chi connectivity index (χ1) is 7.11. The van der Waals surface area contributed by atoms with Gasteiger partial charge in [-0.15, -0.1) is 0 Å². The van der Waals surface area contributed by atoms with Gasteiger partial charge in [-0.05, 0) is 12.3 Å². The fourth-order valence-electron chi connectivity index (χ4n) is 1.24. The largest absolute Gasteiger partial charge is 0.338 e. The molecule has 88 valence electrons. The molecule has 4 nitrogen and oxygen atoms in total. The minimum Gasteiger partial charge on any atom is -0.338 e. The van der Waals surface area contributed by atoms with Crippen molar-refractivity contribution >= 4 is 12.4 Å². The van der Waals surface area contributed by atoms with E-state index in [9.17, 15) is 9.59 Å². The van der Waals surface area contributed by atoms with Crippen molar-refractivity contribution in [1.82, 2.24) is 10.2 Å². The smallest absolute Gasteiger partial charge is 0.323 e. The maximum atomic E-state index is 11.5. The molecule has 0 unspecified atom stereocenters. The highest BCUT2D eigenvalue weighted by molar-refractivity contribution is 5.84. The SMILES string of the molecule is CCCCCNC(=O)N(C=O)CC(C)C. The lowest BCUT2D eigenvalue weighted by atomic mass is 10.2. The van der Waals surface area contributed by atoms with Crippen LogP contribution in [0.3, 0.4) is 0 Å². The Balaban J connectivity index is 3.78. The normalized spacial score (nSPS) is 10.1. The molecule has 1 N–H and O–H groups in total. The number of nitrogens with zero attached hydrogens (tertiary/aromatic N) is 1. The number of rotatable bonds is 7. The van der Waals surface area contributed by atoms with Gasteiger partial charge in [-0.2, -0.15) is 0 Å². The first kappa shape index (κ1) is 13.9. The van der Waals surface area contributed by atoms with Crippen molar-refractivity contribution in [3.63, 3.8) is 0 Å². The van der Waals surface area contributed by atoms with Gasteiger partial charge in [0.1, 0.15) is 0 Å². The zero-order valence-electron chi connectivity index (χ0n) is 9.95. The molecule has 0 rings (SSSR count). The highest BCUT2D eigenvalue weighted by atomic mass is 16.2.